The Morgan fingerprint density at radius 1 is 1.04 bits per heavy atom. The quantitative estimate of drug-likeness (QED) is 0.689. The van der Waals surface area contributed by atoms with Crippen LogP contribution in [0.2, 0.25) is 0 Å². The van der Waals surface area contributed by atoms with E-state index >= 15 is 0 Å². The Morgan fingerprint density at radius 2 is 1.75 bits per heavy atom. The van der Waals surface area contributed by atoms with Gasteiger partial charge in [0.25, 0.3) is 5.56 Å². The molecule has 3 N–H and O–H groups in total. The van der Waals surface area contributed by atoms with E-state index in [1.54, 1.807) is 0 Å². The maximum atomic E-state index is 12.2. The highest BCUT2D eigenvalue weighted by Gasteiger charge is 2.04. The van der Waals surface area contributed by atoms with E-state index in [9.17, 15) is 9.59 Å². The molecule has 0 bridgehead atoms. The molecule has 0 aliphatic carbocycles. The predicted molar refractivity (Wildman–Crippen MR) is 97.4 cm³/mol. The second-order valence-corrected chi connectivity index (χ2v) is 5.83. The van der Waals surface area contributed by atoms with Crippen LogP contribution in [0, 0.1) is 6.92 Å². The van der Waals surface area contributed by atoms with Gasteiger partial charge in [-0.3, -0.25) is 9.59 Å². The summed E-state index contributed by atoms with van der Waals surface area (Å²) in [6.45, 7) is 3.93. The number of amides is 1. The van der Waals surface area contributed by atoms with E-state index in [2.05, 4.69) is 21.7 Å². The van der Waals surface area contributed by atoms with Crippen molar-refractivity contribution in [1.29, 1.82) is 0 Å². The highest BCUT2D eigenvalue weighted by Crippen LogP contribution is 2.16. The standard InChI is InChI=1S/C19H19N3O2/c1-12-3-8-18-14(9-12)10-15(19(24)22-18)11-20-16-4-6-17(7-5-16)21-13(2)23/h3-10,20H,11H2,1-2H3,(H,21,23)(H,22,24). The number of aryl methyl sites for hydroxylation is 1. The molecule has 1 heterocycles. The fourth-order valence-electron chi connectivity index (χ4n) is 2.57. The number of carbonyl (C=O) groups excluding carboxylic acids is 1. The van der Waals surface area contributed by atoms with Gasteiger partial charge in [0, 0.05) is 35.9 Å². The van der Waals surface area contributed by atoms with E-state index in [0.717, 1.165) is 27.8 Å². The maximum Gasteiger partial charge on any atom is 0.253 e. The molecule has 3 aromatic rings. The van der Waals surface area contributed by atoms with Crippen molar-refractivity contribution in [3.05, 3.63) is 70.0 Å². The van der Waals surface area contributed by atoms with Crippen molar-refractivity contribution < 1.29 is 4.79 Å². The molecule has 2 aromatic carbocycles. The van der Waals surface area contributed by atoms with Gasteiger partial charge in [-0.15, -0.1) is 0 Å². The average molecular weight is 321 g/mol. The molecular weight excluding hydrogens is 302 g/mol. The van der Waals surface area contributed by atoms with E-state index in [0.29, 0.717) is 12.1 Å². The second kappa shape index (κ2) is 6.58. The normalized spacial score (nSPS) is 10.6. The third-order valence-corrected chi connectivity index (χ3v) is 3.76. The predicted octanol–water partition coefficient (Wildman–Crippen LogP) is 3.41. The van der Waals surface area contributed by atoms with Gasteiger partial charge >= 0.3 is 0 Å². The fourth-order valence-corrected chi connectivity index (χ4v) is 2.57. The van der Waals surface area contributed by atoms with Crippen molar-refractivity contribution in [2.75, 3.05) is 10.6 Å². The monoisotopic (exact) mass is 321 g/mol. The largest absolute Gasteiger partial charge is 0.381 e. The maximum absolute atomic E-state index is 12.2. The number of nitrogens with one attached hydrogen (secondary N) is 3. The molecule has 1 amide bonds. The van der Waals surface area contributed by atoms with Crippen LogP contribution in [-0.4, -0.2) is 10.9 Å². The number of H-pyrrole nitrogens is 1. The van der Waals surface area contributed by atoms with Crippen LogP contribution in [0.1, 0.15) is 18.1 Å². The Morgan fingerprint density at radius 3 is 2.46 bits per heavy atom. The molecule has 1 aromatic heterocycles. The summed E-state index contributed by atoms with van der Waals surface area (Å²) in [5, 5.41) is 6.97. The zero-order valence-electron chi connectivity index (χ0n) is 13.6. The number of aromatic nitrogens is 1. The number of benzene rings is 2. The van der Waals surface area contributed by atoms with Crippen LogP contribution in [0.25, 0.3) is 10.9 Å². The summed E-state index contributed by atoms with van der Waals surface area (Å²) in [6.07, 6.45) is 0. The van der Waals surface area contributed by atoms with Gasteiger partial charge in [0.2, 0.25) is 5.91 Å². The lowest BCUT2D eigenvalue weighted by Gasteiger charge is -2.09. The lowest BCUT2D eigenvalue weighted by molar-refractivity contribution is -0.114. The van der Waals surface area contributed by atoms with Gasteiger partial charge in [0.05, 0.1) is 0 Å². The first-order chi connectivity index (χ1) is 11.5. The number of rotatable bonds is 4. The molecule has 5 heteroatoms. The van der Waals surface area contributed by atoms with Crippen molar-refractivity contribution in [1.82, 2.24) is 4.98 Å². The second-order valence-electron chi connectivity index (χ2n) is 5.83. The molecule has 5 nitrogen and oxygen atoms in total. The Kier molecular flexibility index (Phi) is 4.33. The Hall–Kier alpha value is -3.08. The smallest absolute Gasteiger partial charge is 0.253 e. The summed E-state index contributed by atoms with van der Waals surface area (Å²) in [4.78, 5) is 26.1. The van der Waals surface area contributed by atoms with Crippen LogP contribution < -0.4 is 16.2 Å². The van der Waals surface area contributed by atoms with Gasteiger partial charge < -0.3 is 15.6 Å². The number of aromatic amines is 1. The summed E-state index contributed by atoms with van der Waals surface area (Å²) in [5.41, 5.74) is 4.21. The van der Waals surface area contributed by atoms with Crippen LogP contribution in [0.5, 0.6) is 0 Å². The molecule has 0 unspecified atom stereocenters. The minimum Gasteiger partial charge on any atom is -0.381 e. The zero-order chi connectivity index (χ0) is 17.1. The molecule has 0 aliphatic heterocycles. The van der Waals surface area contributed by atoms with E-state index in [-0.39, 0.29) is 11.5 Å². The number of carbonyl (C=O) groups is 1. The van der Waals surface area contributed by atoms with Crippen LogP contribution in [0.3, 0.4) is 0 Å². The Balaban J connectivity index is 1.76. The summed E-state index contributed by atoms with van der Waals surface area (Å²) >= 11 is 0. The van der Waals surface area contributed by atoms with Crippen LogP contribution in [0.4, 0.5) is 11.4 Å². The number of fused-ring (bicyclic) bond motifs is 1. The van der Waals surface area contributed by atoms with E-state index in [1.807, 2.05) is 49.4 Å². The summed E-state index contributed by atoms with van der Waals surface area (Å²) in [5.74, 6) is -0.103. The van der Waals surface area contributed by atoms with E-state index < -0.39 is 0 Å². The van der Waals surface area contributed by atoms with Gasteiger partial charge in [-0.2, -0.15) is 0 Å². The molecule has 0 saturated carbocycles. The van der Waals surface area contributed by atoms with Crippen LogP contribution in [-0.2, 0) is 11.3 Å². The molecule has 0 spiro atoms. The van der Waals surface area contributed by atoms with Crippen molar-refractivity contribution in [2.45, 2.75) is 20.4 Å². The molecule has 0 atom stereocenters. The van der Waals surface area contributed by atoms with Crippen molar-refractivity contribution >= 4 is 28.2 Å². The fraction of sp³-hybridized carbons (Fsp3) is 0.158. The van der Waals surface area contributed by atoms with Crippen LogP contribution >= 0.6 is 0 Å². The number of anilines is 2. The molecule has 0 saturated heterocycles. The molecule has 3 rings (SSSR count). The number of hydrogen-bond acceptors (Lipinski definition) is 3. The van der Waals surface area contributed by atoms with E-state index in [4.69, 9.17) is 0 Å². The van der Waals surface area contributed by atoms with Gasteiger partial charge in [-0.1, -0.05) is 11.6 Å². The molecule has 0 fully saturated rings. The highest BCUT2D eigenvalue weighted by atomic mass is 16.1. The minimum atomic E-state index is -0.103. The lowest BCUT2D eigenvalue weighted by Crippen LogP contribution is -2.15. The molecule has 0 aliphatic rings. The third kappa shape index (κ3) is 3.63. The summed E-state index contributed by atoms with van der Waals surface area (Å²) < 4.78 is 0. The van der Waals surface area contributed by atoms with Crippen LogP contribution in [0.15, 0.2) is 53.3 Å². The highest BCUT2D eigenvalue weighted by molar-refractivity contribution is 5.88. The number of hydrogen-bond donors (Lipinski definition) is 3. The molecule has 122 valence electrons. The van der Waals surface area contributed by atoms with Gasteiger partial charge in [0.15, 0.2) is 0 Å². The molecule has 24 heavy (non-hydrogen) atoms. The Labute approximate surface area is 139 Å². The topological polar surface area (TPSA) is 74.0 Å². The molecular formula is C19H19N3O2. The van der Waals surface area contributed by atoms with Crippen molar-refractivity contribution in [3.8, 4) is 0 Å². The Bertz CT molecular complexity index is 943. The van der Waals surface area contributed by atoms with Crippen molar-refractivity contribution in [3.63, 3.8) is 0 Å². The summed E-state index contributed by atoms with van der Waals surface area (Å²) in [7, 11) is 0. The minimum absolute atomic E-state index is 0.0891. The average Bonchev–Trinajstić information content (AvgIpc) is 2.54. The van der Waals surface area contributed by atoms with Crippen molar-refractivity contribution in [2.24, 2.45) is 0 Å². The SMILES string of the molecule is CC(=O)Nc1ccc(NCc2cc3cc(C)ccc3[nH]c2=O)cc1. The summed E-state index contributed by atoms with van der Waals surface area (Å²) in [6, 6.07) is 15.2. The lowest BCUT2D eigenvalue weighted by atomic mass is 10.1. The van der Waals surface area contributed by atoms with Gasteiger partial charge in [-0.25, -0.2) is 0 Å². The number of pyridine rings is 1. The first-order valence-corrected chi connectivity index (χ1v) is 7.75. The van der Waals surface area contributed by atoms with E-state index in [1.165, 1.54) is 6.92 Å². The third-order valence-electron chi connectivity index (χ3n) is 3.76. The zero-order valence-corrected chi connectivity index (χ0v) is 13.6. The first kappa shape index (κ1) is 15.8. The van der Waals surface area contributed by atoms with Gasteiger partial charge in [0.1, 0.15) is 0 Å². The first-order valence-electron chi connectivity index (χ1n) is 7.75. The molecule has 0 radical (unpaired) electrons. The van der Waals surface area contributed by atoms with Gasteiger partial charge in [-0.05, 0) is 54.8 Å².